The molecule has 0 aromatic carbocycles. The molecule has 0 saturated heterocycles. The topological polar surface area (TPSA) is 42.0 Å². The first-order valence-electron chi connectivity index (χ1n) is 4.12. The highest BCUT2D eigenvalue weighted by atomic mass is 35.5. The number of halogens is 1. The van der Waals surface area contributed by atoms with Crippen LogP contribution in [0.1, 0.15) is 21.6 Å². The van der Waals surface area contributed by atoms with Gasteiger partial charge < -0.3 is 5.32 Å². The van der Waals surface area contributed by atoms with Crippen LogP contribution in [-0.4, -0.2) is 17.4 Å². The maximum Gasteiger partial charge on any atom is 0.253 e. The zero-order chi connectivity index (χ0) is 9.42. The predicted molar refractivity (Wildman–Crippen MR) is 50.0 cm³/mol. The average molecular weight is 197 g/mol. The molecule has 3 nitrogen and oxygen atoms in total. The number of carbonyl (C=O) groups is 1. The normalized spacial score (nSPS) is 15.1. The van der Waals surface area contributed by atoms with Crippen LogP contribution < -0.4 is 5.32 Å². The number of hydrogen-bond donors (Lipinski definition) is 1. The number of nitrogens with one attached hydrogen (secondary N) is 1. The van der Waals surface area contributed by atoms with E-state index < -0.39 is 0 Å². The number of amides is 1. The van der Waals surface area contributed by atoms with Crippen LogP contribution in [0.5, 0.6) is 0 Å². The van der Waals surface area contributed by atoms with Gasteiger partial charge in [0.1, 0.15) is 5.15 Å². The average Bonchev–Trinajstić information content (AvgIpc) is 2.09. The van der Waals surface area contributed by atoms with E-state index in [4.69, 9.17) is 11.6 Å². The molecule has 68 valence electrons. The molecule has 0 fully saturated rings. The number of aryl methyl sites for hydroxylation is 1. The molecule has 1 N–H and O–H groups in total. The predicted octanol–water partition coefficient (Wildman–Crippen LogP) is 1.33. The van der Waals surface area contributed by atoms with E-state index in [1.165, 1.54) is 0 Å². The lowest BCUT2D eigenvalue weighted by Crippen LogP contribution is -2.32. The third kappa shape index (κ3) is 1.40. The summed E-state index contributed by atoms with van der Waals surface area (Å²) < 4.78 is 0. The molecule has 13 heavy (non-hydrogen) atoms. The van der Waals surface area contributed by atoms with E-state index in [1.807, 2.05) is 6.92 Å². The summed E-state index contributed by atoms with van der Waals surface area (Å²) in [5.41, 5.74) is 2.31. The highest BCUT2D eigenvalue weighted by Crippen LogP contribution is 2.19. The smallest absolute Gasteiger partial charge is 0.253 e. The Kier molecular flexibility index (Phi) is 1.96. The van der Waals surface area contributed by atoms with Gasteiger partial charge >= 0.3 is 0 Å². The minimum atomic E-state index is -0.0477. The van der Waals surface area contributed by atoms with E-state index in [2.05, 4.69) is 10.3 Å². The Morgan fingerprint density at radius 1 is 1.62 bits per heavy atom. The molecule has 2 heterocycles. The third-order valence-corrected chi connectivity index (χ3v) is 2.50. The molecule has 0 bridgehead atoms. The summed E-state index contributed by atoms with van der Waals surface area (Å²) in [6, 6.07) is 1.79. The van der Waals surface area contributed by atoms with Crippen molar-refractivity contribution in [1.29, 1.82) is 0 Å². The second-order valence-electron chi connectivity index (χ2n) is 3.10. The number of carbonyl (C=O) groups excluding carboxylic acids is 1. The molecule has 4 heteroatoms. The maximum absolute atomic E-state index is 11.4. The van der Waals surface area contributed by atoms with Crippen LogP contribution in [0.25, 0.3) is 0 Å². The lowest BCUT2D eigenvalue weighted by atomic mass is 10.1. The summed E-state index contributed by atoms with van der Waals surface area (Å²) in [6.07, 6.45) is 0.765. The van der Waals surface area contributed by atoms with Crippen molar-refractivity contribution in [2.75, 3.05) is 6.54 Å². The van der Waals surface area contributed by atoms with Gasteiger partial charge in [-0.3, -0.25) is 4.79 Å². The SMILES string of the molecule is Cc1cc2c(nc1Cl)CCNC2=O. The Hall–Kier alpha value is -1.09. The molecular formula is C9H9ClN2O. The minimum absolute atomic E-state index is 0.0477. The van der Waals surface area contributed by atoms with Crippen LogP contribution in [-0.2, 0) is 6.42 Å². The van der Waals surface area contributed by atoms with Gasteiger partial charge in [-0.25, -0.2) is 4.98 Å². The first-order chi connectivity index (χ1) is 6.18. The fraction of sp³-hybridized carbons (Fsp3) is 0.333. The Balaban J connectivity index is 2.58. The minimum Gasteiger partial charge on any atom is -0.352 e. The van der Waals surface area contributed by atoms with Crippen molar-refractivity contribution in [3.8, 4) is 0 Å². The molecule has 2 rings (SSSR count). The molecule has 1 amide bonds. The number of fused-ring (bicyclic) bond motifs is 1. The van der Waals surface area contributed by atoms with E-state index >= 15 is 0 Å². The molecule has 1 aromatic rings. The summed E-state index contributed by atoms with van der Waals surface area (Å²) in [5, 5.41) is 3.26. The zero-order valence-electron chi connectivity index (χ0n) is 7.22. The third-order valence-electron chi connectivity index (χ3n) is 2.12. The summed E-state index contributed by atoms with van der Waals surface area (Å²) in [7, 11) is 0. The largest absolute Gasteiger partial charge is 0.352 e. The van der Waals surface area contributed by atoms with Gasteiger partial charge in [0.15, 0.2) is 0 Å². The standard InChI is InChI=1S/C9H9ClN2O/c1-5-4-6-7(12-8(5)10)2-3-11-9(6)13/h4H,2-3H2,1H3,(H,11,13). The molecule has 0 unspecified atom stereocenters. The number of pyridine rings is 1. The van der Waals surface area contributed by atoms with Crippen molar-refractivity contribution in [3.05, 3.63) is 28.0 Å². The second-order valence-corrected chi connectivity index (χ2v) is 3.45. The van der Waals surface area contributed by atoms with E-state index in [1.54, 1.807) is 6.07 Å². The van der Waals surface area contributed by atoms with Crippen molar-refractivity contribution in [3.63, 3.8) is 0 Å². The van der Waals surface area contributed by atoms with Crippen molar-refractivity contribution in [1.82, 2.24) is 10.3 Å². The fourth-order valence-corrected chi connectivity index (χ4v) is 1.56. The lowest BCUT2D eigenvalue weighted by Gasteiger charge is -2.16. The molecular weight excluding hydrogens is 188 g/mol. The first-order valence-corrected chi connectivity index (χ1v) is 4.50. The van der Waals surface area contributed by atoms with Crippen LogP contribution in [0, 0.1) is 6.92 Å². The number of hydrogen-bond acceptors (Lipinski definition) is 2. The quantitative estimate of drug-likeness (QED) is 0.637. The number of nitrogens with zero attached hydrogens (tertiary/aromatic N) is 1. The molecule has 1 aliphatic rings. The van der Waals surface area contributed by atoms with Crippen molar-refractivity contribution in [2.45, 2.75) is 13.3 Å². The lowest BCUT2D eigenvalue weighted by molar-refractivity contribution is 0.0945. The first kappa shape index (κ1) is 8.51. The van der Waals surface area contributed by atoms with Crippen molar-refractivity contribution in [2.24, 2.45) is 0 Å². The van der Waals surface area contributed by atoms with E-state index in [-0.39, 0.29) is 5.91 Å². The van der Waals surface area contributed by atoms with Crippen LogP contribution in [0.3, 0.4) is 0 Å². The number of aromatic nitrogens is 1. The highest BCUT2D eigenvalue weighted by Gasteiger charge is 2.18. The van der Waals surface area contributed by atoms with Crippen molar-refractivity contribution >= 4 is 17.5 Å². The van der Waals surface area contributed by atoms with Gasteiger partial charge in [-0.05, 0) is 18.6 Å². The fourth-order valence-electron chi connectivity index (χ4n) is 1.40. The molecule has 0 aliphatic carbocycles. The van der Waals surface area contributed by atoms with Crippen LogP contribution in [0.15, 0.2) is 6.07 Å². The van der Waals surface area contributed by atoms with E-state index in [9.17, 15) is 4.79 Å². The molecule has 1 aromatic heterocycles. The second kappa shape index (κ2) is 3.00. The number of rotatable bonds is 0. The van der Waals surface area contributed by atoms with Gasteiger partial charge in [0.2, 0.25) is 0 Å². The van der Waals surface area contributed by atoms with Gasteiger partial charge in [-0.1, -0.05) is 11.6 Å². The Bertz CT molecular complexity index is 376. The van der Waals surface area contributed by atoms with Crippen LogP contribution in [0.4, 0.5) is 0 Å². The Morgan fingerprint density at radius 2 is 2.38 bits per heavy atom. The summed E-state index contributed by atoms with van der Waals surface area (Å²) in [5.74, 6) is -0.0477. The van der Waals surface area contributed by atoms with Gasteiger partial charge in [-0.2, -0.15) is 0 Å². The molecule has 0 saturated carbocycles. The van der Waals surface area contributed by atoms with Gasteiger partial charge in [0.05, 0.1) is 11.3 Å². The summed E-state index contributed by atoms with van der Waals surface area (Å²) >= 11 is 5.85. The van der Waals surface area contributed by atoms with Gasteiger partial charge in [0, 0.05) is 13.0 Å². The van der Waals surface area contributed by atoms with Gasteiger partial charge in [0.25, 0.3) is 5.91 Å². The van der Waals surface area contributed by atoms with Gasteiger partial charge in [-0.15, -0.1) is 0 Å². The molecule has 0 atom stereocenters. The van der Waals surface area contributed by atoms with Crippen LogP contribution >= 0.6 is 11.6 Å². The summed E-state index contributed by atoms with van der Waals surface area (Å²) in [4.78, 5) is 15.5. The molecule has 0 radical (unpaired) electrons. The Morgan fingerprint density at radius 3 is 3.15 bits per heavy atom. The Labute approximate surface area is 81.1 Å². The zero-order valence-corrected chi connectivity index (χ0v) is 7.98. The highest BCUT2D eigenvalue weighted by molar-refractivity contribution is 6.30. The monoisotopic (exact) mass is 196 g/mol. The molecule has 1 aliphatic heterocycles. The van der Waals surface area contributed by atoms with Crippen LogP contribution in [0.2, 0.25) is 5.15 Å². The van der Waals surface area contributed by atoms with Crippen molar-refractivity contribution < 1.29 is 4.79 Å². The summed E-state index contributed by atoms with van der Waals surface area (Å²) in [6.45, 7) is 2.50. The maximum atomic E-state index is 11.4. The molecule has 0 spiro atoms. The van der Waals surface area contributed by atoms with E-state index in [0.717, 1.165) is 17.7 Å². The van der Waals surface area contributed by atoms with E-state index in [0.29, 0.717) is 17.3 Å².